The van der Waals surface area contributed by atoms with Gasteiger partial charge in [-0.15, -0.1) is 0 Å². The summed E-state index contributed by atoms with van der Waals surface area (Å²) < 4.78 is 4.45. The number of Topliss-reactive ketones (excluding diaryl/α,β-unsaturated/α-hetero) is 3. The number of ketones is 3. The molecule has 107 valence electrons. The Bertz CT molecular complexity index is 191. The van der Waals surface area contributed by atoms with E-state index in [1.54, 1.807) is 0 Å². The molecule has 0 N–H and O–H groups in total. The van der Waals surface area contributed by atoms with E-state index in [0.717, 1.165) is 6.42 Å². The van der Waals surface area contributed by atoms with Gasteiger partial charge in [0.2, 0.25) is 0 Å². The van der Waals surface area contributed by atoms with Gasteiger partial charge in [0.15, 0.2) is 5.78 Å². The average Bonchev–Trinajstić information content (AvgIpc) is 2.02. The minimum Gasteiger partial charge on any atom is -0.377 e. The summed E-state index contributed by atoms with van der Waals surface area (Å²) in [5.41, 5.74) is 0. The molecule has 0 heterocycles. The van der Waals surface area contributed by atoms with Gasteiger partial charge in [-0.05, 0) is 20.8 Å². The first-order valence-electron chi connectivity index (χ1n) is 5.08. The van der Waals surface area contributed by atoms with E-state index >= 15 is 0 Å². The van der Waals surface area contributed by atoms with Crippen LogP contribution >= 0.6 is 0 Å². The van der Waals surface area contributed by atoms with E-state index in [1.807, 2.05) is 6.92 Å². The van der Waals surface area contributed by atoms with Gasteiger partial charge in [-0.3, -0.25) is 14.4 Å². The van der Waals surface area contributed by atoms with E-state index in [0.29, 0.717) is 0 Å². The van der Waals surface area contributed by atoms with E-state index in [1.165, 1.54) is 27.9 Å². The van der Waals surface area contributed by atoms with Crippen LogP contribution in [-0.4, -0.2) is 31.1 Å². The quantitative estimate of drug-likeness (QED) is 0.585. The van der Waals surface area contributed by atoms with Crippen molar-refractivity contribution in [3.63, 3.8) is 0 Å². The zero-order valence-corrected chi connectivity index (χ0v) is 15.4. The number of hydrogen-bond donors (Lipinski definition) is 0. The van der Waals surface area contributed by atoms with Gasteiger partial charge in [-0.1, -0.05) is 6.92 Å². The van der Waals surface area contributed by atoms with Crippen LogP contribution in [-0.2, 0) is 51.8 Å². The Morgan fingerprint density at radius 2 is 1.28 bits per heavy atom. The van der Waals surface area contributed by atoms with E-state index < -0.39 is 0 Å². The molecule has 5 heteroatoms. The van der Waals surface area contributed by atoms with Gasteiger partial charge in [0.25, 0.3) is 0 Å². The van der Waals surface area contributed by atoms with Crippen molar-refractivity contribution in [1.82, 2.24) is 0 Å². The SMILES string of the molecule is CC(=O)CC(C)=O.COCC(C)=O.[CH2-]CC.[CH3-].[Y]. The molecule has 0 rings (SSSR count). The van der Waals surface area contributed by atoms with Crippen molar-refractivity contribution in [3.05, 3.63) is 14.4 Å². The molecule has 0 aromatic heterocycles. The Kier molecular flexibility index (Phi) is 44.2. The van der Waals surface area contributed by atoms with Crippen LogP contribution in [0, 0.1) is 14.4 Å². The summed E-state index contributed by atoms with van der Waals surface area (Å²) in [4.78, 5) is 30.0. The first kappa shape index (κ1) is 30.8. The van der Waals surface area contributed by atoms with Crippen LogP contribution in [0.1, 0.15) is 40.5 Å². The van der Waals surface area contributed by atoms with Crippen molar-refractivity contribution in [2.75, 3.05) is 13.7 Å². The van der Waals surface area contributed by atoms with Crippen LogP contribution in [0.4, 0.5) is 0 Å². The summed E-state index contributed by atoms with van der Waals surface area (Å²) in [6.07, 6.45) is 1.08. The van der Waals surface area contributed by atoms with Crippen molar-refractivity contribution in [2.24, 2.45) is 0 Å². The largest absolute Gasteiger partial charge is 0.377 e. The first-order valence-corrected chi connectivity index (χ1v) is 5.08. The summed E-state index contributed by atoms with van der Waals surface area (Å²) in [7, 11) is 1.50. The monoisotopic (exact) mass is 335 g/mol. The Labute approximate surface area is 137 Å². The molecule has 0 aliphatic heterocycles. The molecule has 0 bridgehead atoms. The summed E-state index contributed by atoms with van der Waals surface area (Å²) >= 11 is 0. The van der Waals surface area contributed by atoms with Crippen LogP contribution < -0.4 is 0 Å². The Morgan fingerprint density at radius 1 is 1.00 bits per heavy atom. The van der Waals surface area contributed by atoms with E-state index in [-0.39, 0.29) is 70.5 Å². The topological polar surface area (TPSA) is 60.4 Å². The third-order valence-corrected chi connectivity index (χ3v) is 0.845. The summed E-state index contributed by atoms with van der Waals surface area (Å²) in [6.45, 7) is 10.0. The van der Waals surface area contributed by atoms with Gasteiger partial charge in [-0.2, -0.15) is 6.42 Å². The normalized spacial score (nSPS) is 7.00. The van der Waals surface area contributed by atoms with Gasteiger partial charge in [0, 0.05) is 39.8 Å². The fraction of sp³-hybridized carbons (Fsp3) is 0.615. The van der Waals surface area contributed by atoms with Crippen molar-refractivity contribution in [1.29, 1.82) is 0 Å². The summed E-state index contributed by atoms with van der Waals surface area (Å²) in [5, 5.41) is 0. The fourth-order valence-electron chi connectivity index (χ4n) is 0.554. The molecule has 18 heavy (non-hydrogen) atoms. The number of ether oxygens (including phenoxy) is 1. The van der Waals surface area contributed by atoms with Crippen molar-refractivity contribution >= 4 is 17.3 Å². The number of methoxy groups -OCH3 is 1. The number of carbonyl (C=O) groups is 3. The first-order chi connectivity index (χ1) is 7.31. The van der Waals surface area contributed by atoms with Gasteiger partial charge >= 0.3 is 0 Å². The average molecular weight is 335 g/mol. The Hall–Kier alpha value is 0.0739. The molecule has 0 saturated carbocycles. The molecule has 0 aliphatic rings. The second-order valence-corrected chi connectivity index (χ2v) is 3.22. The van der Waals surface area contributed by atoms with Crippen molar-refractivity contribution in [3.8, 4) is 0 Å². The molecule has 0 amide bonds. The molecule has 0 aliphatic carbocycles. The third kappa shape index (κ3) is 73.0. The van der Waals surface area contributed by atoms with Crippen molar-refractivity contribution < 1.29 is 51.8 Å². The van der Waals surface area contributed by atoms with Gasteiger partial charge in [0.05, 0.1) is 6.42 Å². The fourth-order valence-corrected chi connectivity index (χ4v) is 0.554. The van der Waals surface area contributed by atoms with E-state index in [2.05, 4.69) is 11.7 Å². The van der Waals surface area contributed by atoms with Gasteiger partial charge in [0.1, 0.15) is 18.2 Å². The Morgan fingerprint density at radius 3 is 1.28 bits per heavy atom. The maximum atomic E-state index is 10.0. The van der Waals surface area contributed by atoms with Gasteiger partial charge < -0.3 is 19.1 Å². The standard InChI is InChI=1S/C5H8O2.C4H8O2.C3H7.CH3.Y/c1-4(6)3-5(2)7;1-4(5)3-6-2;1-3-2;;/h3H2,1-2H3;3H2,1-2H3;1,3H2,2H3;1H3;/q;;2*-1;. The molecule has 1 radical (unpaired) electrons. The van der Waals surface area contributed by atoms with Crippen LogP contribution in [0.15, 0.2) is 0 Å². The van der Waals surface area contributed by atoms with Gasteiger partial charge in [-0.25, -0.2) is 0 Å². The maximum Gasteiger partial charge on any atom is 0.155 e. The zero-order valence-electron chi connectivity index (χ0n) is 12.5. The van der Waals surface area contributed by atoms with Crippen LogP contribution in [0.3, 0.4) is 0 Å². The third-order valence-electron chi connectivity index (χ3n) is 0.845. The predicted molar refractivity (Wildman–Crippen MR) is 70.6 cm³/mol. The zero-order chi connectivity index (χ0) is 13.6. The summed E-state index contributed by atoms with van der Waals surface area (Å²) in [6, 6.07) is 0. The van der Waals surface area contributed by atoms with E-state index in [9.17, 15) is 14.4 Å². The molecular weight excluding hydrogens is 309 g/mol. The molecule has 4 nitrogen and oxygen atoms in total. The molecular formula is C13H26O4Y-2. The van der Waals surface area contributed by atoms with E-state index in [4.69, 9.17) is 0 Å². The molecule has 0 saturated heterocycles. The molecule has 0 aromatic rings. The number of carbonyl (C=O) groups excluding carboxylic acids is 3. The molecule has 0 atom stereocenters. The molecule has 0 fully saturated rings. The Balaban J connectivity index is -0.0000000475. The van der Waals surface area contributed by atoms with Crippen LogP contribution in [0.5, 0.6) is 0 Å². The maximum absolute atomic E-state index is 10.0. The second-order valence-electron chi connectivity index (χ2n) is 3.22. The molecule has 0 unspecified atom stereocenters. The van der Waals surface area contributed by atoms with Crippen LogP contribution in [0.25, 0.3) is 0 Å². The molecule has 0 spiro atoms. The summed E-state index contributed by atoms with van der Waals surface area (Å²) in [5.74, 6) is -0.0579. The predicted octanol–water partition coefficient (Wildman–Crippen LogP) is 2.45. The van der Waals surface area contributed by atoms with Crippen LogP contribution in [0.2, 0.25) is 0 Å². The second kappa shape index (κ2) is 25.8. The minimum absolute atomic E-state index is 0. The smallest absolute Gasteiger partial charge is 0.155 e. The number of hydrogen-bond acceptors (Lipinski definition) is 4. The van der Waals surface area contributed by atoms with Crippen molar-refractivity contribution in [2.45, 2.75) is 40.5 Å². The number of rotatable bonds is 4. The molecule has 0 aromatic carbocycles. The minimum atomic E-state index is -0.0625.